The van der Waals surface area contributed by atoms with E-state index >= 15 is 0 Å². The lowest BCUT2D eigenvalue weighted by molar-refractivity contribution is -0.119. The van der Waals surface area contributed by atoms with Crippen molar-refractivity contribution in [1.29, 1.82) is 0 Å². The number of carbonyl (C=O) groups is 1. The molecule has 0 aromatic rings. The Labute approximate surface area is 65.3 Å². The molecule has 0 aromatic carbocycles. The van der Waals surface area contributed by atoms with E-state index in [0.717, 1.165) is 6.42 Å². The maximum atomic E-state index is 10.4. The van der Waals surface area contributed by atoms with Crippen molar-refractivity contribution in [3.05, 3.63) is 0 Å². The number of ether oxygens (including phenoxy) is 1. The molecule has 58 valence electrons. The van der Waals surface area contributed by atoms with E-state index in [-0.39, 0.29) is 17.3 Å². The molecule has 2 N–H and O–H groups in total. The lowest BCUT2D eigenvalue weighted by Gasteiger charge is -2.09. The van der Waals surface area contributed by atoms with Gasteiger partial charge in [-0.15, -0.1) is 12.6 Å². The van der Waals surface area contributed by atoms with Crippen molar-refractivity contribution in [2.24, 2.45) is 11.7 Å². The third-order valence-corrected chi connectivity index (χ3v) is 2.21. The molecule has 1 amide bonds. The third-order valence-electron chi connectivity index (χ3n) is 1.64. The van der Waals surface area contributed by atoms with Crippen LogP contribution in [0.5, 0.6) is 0 Å². The summed E-state index contributed by atoms with van der Waals surface area (Å²) in [7, 11) is 0. The van der Waals surface area contributed by atoms with Crippen LogP contribution in [-0.4, -0.2) is 18.0 Å². The minimum absolute atomic E-state index is 0.0903. The number of hydrogen-bond donors (Lipinski definition) is 2. The van der Waals surface area contributed by atoms with Crippen LogP contribution in [0.2, 0.25) is 0 Å². The van der Waals surface area contributed by atoms with Crippen molar-refractivity contribution in [1.82, 2.24) is 0 Å². The smallest absolute Gasteiger partial charge is 0.217 e. The summed E-state index contributed by atoms with van der Waals surface area (Å²) in [5.74, 6) is -0.0459. The van der Waals surface area contributed by atoms with Gasteiger partial charge in [0.2, 0.25) is 5.91 Å². The van der Waals surface area contributed by atoms with Crippen LogP contribution in [0, 0.1) is 5.92 Å². The molecule has 1 heterocycles. The molecule has 1 aliphatic rings. The van der Waals surface area contributed by atoms with Gasteiger partial charge in [-0.2, -0.15) is 0 Å². The van der Waals surface area contributed by atoms with Crippen molar-refractivity contribution < 1.29 is 9.53 Å². The molecule has 0 aliphatic carbocycles. The fourth-order valence-electron chi connectivity index (χ4n) is 1.08. The standard InChI is InChI=1S/C6H11NO2S/c7-5(8)3-4-1-2-9-6(4)10/h4,6,10H,1-3H2,(H2,7,8). The zero-order chi connectivity index (χ0) is 7.56. The van der Waals surface area contributed by atoms with Gasteiger partial charge < -0.3 is 10.5 Å². The lowest BCUT2D eigenvalue weighted by Crippen LogP contribution is -2.19. The maximum Gasteiger partial charge on any atom is 0.217 e. The van der Waals surface area contributed by atoms with Crippen molar-refractivity contribution in [2.45, 2.75) is 18.3 Å². The highest BCUT2D eigenvalue weighted by atomic mass is 32.1. The second kappa shape index (κ2) is 3.25. The molecule has 1 fully saturated rings. The number of nitrogens with two attached hydrogens (primary N) is 1. The highest BCUT2D eigenvalue weighted by molar-refractivity contribution is 7.80. The van der Waals surface area contributed by atoms with E-state index in [1.54, 1.807) is 0 Å². The number of hydrogen-bond acceptors (Lipinski definition) is 3. The molecular weight excluding hydrogens is 150 g/mol. The lowest BCUT2D eigenvalue weighted by atomic mass is 10.1. The average molecular weight is 161 g/mol. The van der Waals surface area contributed by atoms with Crippen LogP contribution in [0.15, 0.2) is 0 Å². The van der Waals surface area contributed by atoms with Gasteiger partial charge in [0.1, 0.15) is 5.44 Å². The Kier molecular flexibility index (Phi) is 2.56. The number of rotatable bonds is 2. The van der Waals surface area contributed by atoms with E-state index < -0.39 is 0 Å². The first-order valence-electron chi connectivity index (χ1n) is 3.28. The Morgan fingerprint density at radius 1 is 1.80 bits per heavy atom. The highest BCUT2D eigenvalue weighted by Crippen LogP contribution is 2.25. The van der Waals surface area contributed by atoms with Gasteiger partial charge in [-0.1, -0.05) is 0 Å². The third kappa shape index (κ3) is 1.88. The maximum absolute atomic E-state index is 10.4. The van der Waals surface area contributed by atoms with Gasteiger partial charge >= 0.3 is 0 Å². The molecule has 3 nitrogen and oxygen atoms in total. The predicted octanol–water partition coefficient (Wildman–Crippen LogP) is 0.154. The van der Waals surface area contributed by atoms with Gasteiger partial charge in [-0.25, -0.2) is 0 Å². The monoisotopic (exact) mass is 161 g/mol. The van der Waals surface area contributed by atoms with Crippen LogP contribution >= 0.6 is 12.6 Å². The van der Waals surface area contributed by atoms with Gasteiger partial charge in [-0.05, 0) is 6.42 Å². The predicted molar refractivity (Wildman–Crippen MR) is 40.6 cm³/mol. The highest BCUT2D eigenvalue weighted by Gasteiger charge is 2.26. The quantitative estimate of drug-likeness (QED) is 0.567. The van der Waals surface area contributed by atoms with Crippen molar-refractivity contribution in [2.75, 3.05) is 6.61 Å². The molecule has 1 aliphatic heterocycles. The van der Waals surface area contributed by atoms with Crippen LogP contribution in [-0.2, 0) is 9.53 Å². The summed E-state index contributed by atoms with van der Waals surface area (Å²) in [4.78, 5) is 10.4. The van der Waals surface area contributed by atoms with Gasteiger partial charge in [0.15, 0.2) is 0 Å². The van der Waals surface area contributed by atoms with Gasteiger partial charge in [0.25, 0.3) is 0 Å². The molecule has 1 rings (SSSR count). The van der Waals surface area contributed by atoms with Gasteiger partial charge in [0, 0.05) is 18.9 Å². The first-order valence-corrected chi connectivity index (χ1v) is 3.80. The zero-order valence-corrected chi connectivity index (χ0v) is 6.51. The normalized spacial score (nSPS) is 32.5. The number of thiol groups is 1. The van der Waals surface area contributed by atoms with E-state index in [0.29, 0.717) is 13.0 Å². The average Bonchev–Trinajstić information content (AvgIpc) is 2.15. The molecule has 0 bridgehead atoms. The van der Waals surface area contributed by atoms with Crippen LogP contribution in [0.25, 0.3) is 0 Å². The number of carbonyl (C=O) groups excluding carboxylic acids is 1. The summed E-state index contributed by atoms with van der Waals surface area (Å²) in [6.45, 7) is 0.701. The minimum atomic E-state index is -0.269. The molecule has 10 heavy (non-hydrogen) atoms. The second-order valence-electron chi connectivity index (χ2n) is 2.48. The van der Waals surface area contributed by atoms with E-state index in [1.807, 2.05) is 0 Å². The van der Waals surface area contributed by atoms with Crippen LogP contribution in [0.4, 0.5) is 0 Å². The van der Waals surface area contributed by atoms with E-state index in [2.05, 4.69) is 12.6 Å². The Balaban J connectivity index is 2.33. The first kappa shape index (κ1) is 7.88. The van der Waals surface area contributed by atoms with Gasteiger partial charge in [-0.3, -0.25) is 4.79 Å². The molecule has 0 radical (unpaired) electrons. The molecule has 4 heteroatoms. The van der Waals surface area contributed by atoms with Crippen molar-refractivity contribution in [3.63, 3.8) is 0 Å². The van der Waals surface area contributed by atoms with E-state index in [1.165, 1.54) is 0 Å². The Hall–Kier alpha value is -0.220. The summed E-state index contributed by atoms with van der Waals surface area (Å²) in [5.41, 5.74) is 4.92. The van der Waals surface area contributed by atoms with Crippen molar-refractivity contribution >= 4 is 18.5 Å². The van der Waals surface area contributed by atoms with E-state index in [9.17, 15) is 4.79 Å². The summed E-state index contributed by atoms with van der Waals surface area (Å²) in [5, 5.41) is 0. The molecule has 2 unspecified atom stereocenters. The Morgan fingerprint density at radius 2 is 2.50 bits per heavy atom. The summed E-state index contributed by atoms with van der Waals surface area (Å²) < 4.78 is 5.12. The molecule has 0 spiro atoms. The molecule has 0 saturated carbocycles. The number of primary amides is 1. The first-order chi connectivity index (χ1) is 4.70. The van der Waals surface area contributed by atoms with Gasteiger partial charge in [0.05, 0.1) is 0 Å². The fourth-order valence-corrected chi connectivity index (χ4v) is 1.44. The fraction of sp³-hybridized carbons (Fsp3) is 0.833. The molecular formula is C6H11NO2S. The SMILES string of the molecule is NC(=O)CC1CCOC1S. The Morgan fingerprint density at radius 3 is 2.90 bits per heavy atom. The second-order valence-corrected chi connectivity index (χ2v) is 2.99. The van der Waals surface area contributed by atoms with Crippen LogP contribution in [0.3, 0.4) is 0 Å². The summed E-state index contributed by atoms with van der Waals surface area (Å²) >= 11 is 4.13. The van der Waals surface area contributed by atoms with E-state index in [4.69, 9.17) is 10.5 Å². The van der Waals surface area contributed by atoms with Crippen molar-refractivity contribution in [3.8, 4) is 0 Å². The van der Waals surface area contributed by atoms with Crippen LogP contribution < -0.4 is 5.73 Å². The molecule has 2 atom stereocenters. The Bertz CT molecular complexity index is 140. The largest absolute Gasteiger partial charge is 0.370 e. The summed E-state index contributed by atoms with van der Waals surface area (Å²) in [6, 6.07) is 0. The zero-order valence-electron chi connectivity index (χ0n) is 5.62. The molecule has 0 aromatic heterocycles. The topological polar surface area (TPSA) is 52.3 Å². The minimum Gasteiger partial charge on any atom is -0.370 e. The summed E-state index contributed by atoms with van der Waals surface area (Å²) in [6.07, 6.45) is 1.30. The number of amides is 1. The molecule has 1 saturated heterocycles. The van der Waals surface area contributed by atoms with Crippen LogP contribution in [0.1, 0.15) is 12.8 Å².